The Labute approximate surface area is 189 Å². The average Bonchev–Trinajstić information content (AvgIpc) is 3.16. The van der Waals surface area contributed by atoms with Gasteiger partial charge >= 0.3 is 12.3 Å². The summed E-state index contributed by atoms with van der Waals surface area (Å²) in [6.45, 7) is 6.51. The quantitative estimate of drug-likeness (QED) is 0.554. The van der Waals surface area contributed by atoms with E-state index in [4.69, 9.17) is 30.2 Å². The monoisotopic (exact) mass is 475 g/mol. The van der Waals surface area contributed by atoms with Crippen molar-refractivity contribution in [3.63, 3.8) is 0 Å². The second-order valence-electron chi connectivity index (χ2n) is 8.44. The molecule has 1 aliphatic heterocycles. The maximum absolute atomic E-state index is 12.6. The molecule has 1 aromatic heterocycles. The second kappa shape index (κ2) is 9.62. The van der Waals surface area contributed by atoms with E-state index in [9.17, 15) is 18.0 Å². The molecular formula is C22H25ClF3NO5. The smallest absolute Gasteiger partial charge is 0.449 e. The Morgan fingerprint density at radius 3 is 2.59 bits per heavy atom. The molecule has 2 aromatic rings. The lowest BCUT2D eigenvalue weighted by Gasteiger charge is -2.34. The van der Waals surface area contributed by atoms with Crippen molar-refractivity contribution in [1.29, 1.82) is 0 Å². The van der Waals surface area contributed by atoms with Gasteiger partial charge in [-0.1, -0.05) is 17.7 Å². The van der Waals surface area contributed by atoms with E-state index in [0.717, 1.165) is 11.6 Å². The van der Waals surface area contributed by atoms with E-state index >= 15 is 0 Å². The number of carbonyl (C=O) groups is 1. The fourth-order valence-corrected chi connectivity index (χ4v) is 3.40. The zero-order chi connectivity index (χ0) is 23.5. The van der Waals surface area contributed by atoms with Crippen molar-refractivity contribution < 1.29 is 36.6 Å². The molecule has 1 atom stereocenters. The molecule has 0 N–H and O–H groups in total. The lowest BCUT2D eigenvalue weighted by Crippen LogP contribution is -2.48. The van der Waals surface area contributed by atoms with Gasteiger partial charge in [-0.2, -0.15) is 13.2 Å². The molecule has 0 saturated carbocycles. The largest absolute Gasteiger partial charge is 0.484 e. The Morgan fingerprint density at radius 2 is 1.97 bits per heavy atom. The number of ether oxygens (including phenoxy) is 3. The molecule has 0 aliphatic carbocycles. The third-order valence-electron chi connectivity index (χ3n) is 4.56. The number of carbonyl (C=O) groups excluding carboxylic acids is 1. The Bertz CT molecular complexity index is 938. The summed E-state index contributed by atoms with van der Waals surface area (Å²) in [6.07, 6.45) is -4.62. The van der Waals surface area contributed by atoms with Gasteiger partial charge in [0.25, 0.3) is 0 Å². The van der Waals surface area contributed by atoms with Crippen molar-refractivity contribution in [1.82, 2.24) is 4.90 Å². The highest BCUT2D eigenvalue weighted by Gasteiger charge is 2.34. The summed E-state index contributed by atoms with van der Waals surface area (Å²) in [7, 11) is 0. The van der Waals surface area contributed by atoms with Crippen molar-refractivity contribution in [2.75, 3.05) is 19.7 Å². The van der Waals surface area contributed by atoms with Crippen LogP contribution < -0.4 is 4.74 Å². The summed E-state index contributed by atoms with van der Waals surface area (Å²) >= 11 is 6.28. The van der Waals surface area contributed by atoms with Crippen molar-refractivity contribution in [3.05, 3.63) is 52.4 Å². The van der Waals surface area contributed by atoms with Gasteiger partial charge in [-0.3, -0.25) is 0 Å². The molecule has 1 aromatic carbocycles. The van der Waals surface area contributed by atoms with Gasteiger partial charge in [0.05, 0.1) is 24.3 Å². The minimum Gasteiger partial charge on any atom is -0.484 e. The molecular weight excluding hydrogens is 451 g/mol. The minimum atomic E-state index is -4.54. The van der Waals surface area contributed by atoms with Crippen LogP contribution in [0, 0.1) is 0 Å². The standard InChI is InChI=1S/C22H25ClF3NO5/c1-21(2,3)32-20(28)27-8-9-29-16(12-27)10-14-4-6-18(17(23)11-14)30-13-15-5-7-19(31-15)22(24,25)26/h4-7,11,16H,8-10,12-13H2,1-3H3. The highest BCUT2D eigenvalue weighted by Crippen LogP contribution is 2.32. The average molecular weight is 476 g/mol. The molecule has 32 heavy (non-hydrogen) atoms. The van der Waals surface area contributed by atoms with Crippen molar-refractivity contribution in [2.24, 2.45) is 0 Å². The molecule has 10 heteroatoms. The lowest BCUT2D eigenvalue weighted by molar-refractivity contribution is -0.153. The van der Waals surface area contributed by atoms with Crippen LogP contribution in [0.25, 0.3) is 0 Å². The SMILES string of the molecule is CC(C)(C)OC(=O)N1CCOC(Cc2ccc(OCc3ccc(C(F)(F)F)o3)c(Cl)c2)C1. The second-order valence-corrected chi connectivity index (χ2v) is 8.85. The van der Waals surface area contributed by atoms with Crippen LogP contribution in [0.4, 0.5) is 18.0 Å². The molecule has 0 bridgehead atoms. The summed E-state index contributed by atoms with van der Waals surface area (Å²) in [5.41, 5.74) is 0.300. The highest BCUT2D eigenvalue weighted by molar-refractivity contribution is 6.32. The fourth-order valence-electron chi connectivity index (χ4n) is 3.14. The maximum Gasteiger partial charge on any atom is 0.449 e. The summed E-state index contributed by atoms with van der Waals surface area (Å²) in [6, 6.07) is 7.20. The number of nitrogens with zero attached hydrogens (tertiary/aromatic N) is 1. The zero-order valence-electron chi connectivity index (χ0n) is 18.0. The van der Waals surface area contributed by atoms with Crippen LogP contribution in [0.2, 0.25) is 5.02 Å². The van der Waals surface area contributed by atoms with Gasteiger partial charge in [-0.15, -0.1) is 0 Å². The van der Waals surface area contributed by atoms with E-state index in [1.807, 2.05) is 20.8 Å². The zero-order valence-corrected chi connectivity index (χ0v) is 18.8. The number of amides is 1. The van der Waals surface area contributed by atoms with Gasteiger partial charge in [0.1, 0.15) is 23.7 Å². The first-order chi connectivity index (χ1) is 14.9. The van der Waals surface area contributed by atoms with Crippen LogP contribution in [0.3, 0.4) is 0 Å². The Kier molecular flexibility index (Phi) is 7.29. The van der Waals surface area contributed by atoms with Crippen LogP contribution in [0.1, 0.15) is 37.9 Å². The fraction of sp³-hybridized carbons (Fsp3) is 0.500. The van der Waals surface area contributed by atoms with Crippen LogP contribution >= 0.6 is 11.6 Å². The molecule has 176 valence electrons. The van der Waals surface area contributed by atoms with Gasteiger partial charge in [0, 0.05) is 13.0 Å². The summed E-state index contributed by atoms with van der Waals surface area (Å²) in [4.78, 5) is 13.9. The minimum absolute atomic E-state index is 0.0373. The number of alkyl halides is 3. The molecule has 1 unspecified atom stereocenters. The Hall–Kier alpha value is -2.39. The first kappa shape index (κ1) is 24.3. The van der Waals surface area contributed by atoms with E-state index < -0.39 is 17.5 Å². The third kappa shape index (κ3) is 6.80. The number of hydrogen-bond donors (Lipinski definition) is 0. The van der Waals surface area contributed by atoms with Crippen LogP contribution in [-0.2, 0) is 28.7 Å². The van der Waals surface area contributed by atoms with E-state index in [-0.39, 0.29) is 24.6 Å². The Balaban J connectivity index is 1.55. The first-order valence-corrected chi connectivity index (χ1v) is 10.5. The van der Waals surface area contributed by atoms with E-state index in [0.29, 0.717) is 36.9 Å². The summed E-state index contributed by atoms with van der Waals surface area (Å²) in [5.74, 6) is -0.721. The number of rotatable bonds is 5. The number of furan rings is 1. The van der Waals surface area contributed by atoms with Gasteiger partial charge < -0.3 is 23.5 Å². The lowest BCUT2D eigenvalue weighted by atomic mass is 10.1. The number of hydrogen-bond acceptors (Lipinski definition) is 5. The predicted molar refractivity (Wildman–Crippen MR) is 111 cm³/mol. The van der Waals surface area contributed by atoms with Crippen LogP contribution in [0.15, 0.2) is 34.7 Å². The first-order valence-electron chi connectivity index (χ1n) is 10.1. The molecule has 1 aliphatic rings. The van der Waals surface area contributed by atoms with Gasteiger partial charge in [-0.05, 0) is 50.6 Å². The van der Waals surface area contributed by atoms with E-state index in [1.165, 1.54) is 6.07 Å². The van der Waals surface area contributed by atoms with Crippen molar-refractivity contribution >= 4 is 17.7 Å². The molecule has 1 saturated heterocycles. The van der Waals surface area contributed by atoms with E-state index in [1.54, 1.807) is 23.1 Å². The molecule has 3 rings (SSSR count). The van der Waals surface area contributed by atoms with Crippen LogP contribution in [-0.4, -0.2) is 42.4 Å². The third-order valence-corrected chi connectivity index (χ3v) is 4.86. The summed E-state index contributed by atoms with van der Waals surface area (Å²) in [5, 5.41) is 0.310. The van der Waals surface area contributed by atoms with E-state index in [2.05, 4.69) is 0 Å². The molecule has 2 heterocycles. The van der Waals surface area contributed by atoms with Crippen molar-refractivity contribution in [3.8, 4) is 5.75 Å². The van der Waals surface area contributed by atoms with Gasteiger partial charge in [0.2, 0.25) is 5.76 Å². The normalized spacial score (nSPS) is 17.3. The maximum atomic E-state index is 12.6. The number of halogens is 4. The molecule has 1 fully saturated rings. The summed E-state index contributed by atoms with van der Waals surface area (Å²) < 4.78 is 59.3. The molecule has 0 radical (unpaired) electrons. The topological polar surface area (TPSA) is 61.1 Å². The molecule has 6 nitrogen and oxygen atoms in total. The molecule has 0 spiro atoms. The number of morpholine rings is 1. The van der Waals surface area contributed by atoms with Crippen molar-refractivity contribution in [2.45, 2.75) is 51.7 Å². The molecule has 1 amide bonds. The highest BCUT2D eigenvalue weighted by atomic mass is 35.5. The number of benzene rings is 1. The van der Waals surface area contributed by atoms with Gasteiger partial charge in [0.15, 0.2) is 0 Å². The predicted octanol–water partition coefficient (Wildman–Crippen LogP) is 5.71. The van der Waals surface area contributed by atoms with Crippen LogP contribution in [0.5, 0.6) is 5.75 Å². The Morgan fingerprint density at radius 1 is 1.22 bits per heavy atom. The van der Waals surface area contributed by atoms with Gasteiger partial charge in [-0.25, -0.2) is 4.79 Å².